The van der Waals surface area contributed by atoms with E-state index in [1.54, 1.807) is 0 Å². The first-order chi connectivity index (χ1) is 12.1. The summed E-state index contributed by atoms with van der Waals surface area (Å²) in [7, 11) is 0. The molecular weight excluding hydrogens is 340 g/mol. The van der Waals surface area contributed by atoms with Gasteiger partial charge in [0.2, 0.25) is 0 Å². The van der Waals surface area contributed by atoms with E-state index in [9.17, 15) is 0 Å². The maximum absolute atomic E-state index is 6.22. The number of nitrogen functional groups attached to an aromatic ring is 1. The number of rotatable bonds is 6. The van der Waals surface area contributed by atoms with Gasteiger partial charge in [0.1, 0.15) is 12.0 Å². The zero-order valence-electron chi connectivity index (χ0n) is 14.3. The van der Waals surface area contributed by atoms with Crippen molar-refractivity contribution < 1.29 is 4.74 Å². The second-order valence-corrected chi connectivity index (χ2v) is 6.39. The minimum Gasteiger partial charge on any atom is -0.393 e. The minimum absolute atomic E-state index is 0.499. The van der Waals surface area contributed by atoms with Gasteiger partial charge in [0.05, 0.1) is 13.2 Å². The molecule has 2 heterocycles. The Labute approximate surface area is 152 Å². The third-order valence-corrected chi connectivity index (χ3v) is 4.38. The van der Waals surface area contributed by atoms with Gasteiger partial charge in [-0.15, -0.1) is 0 Å². The van der Waals surface area contributed by atoms with E-state index in [4.69, 9.17) is 22.1 Å². The van der Waals surface area contributed by atoms with Crippen LogP contribution in [-0.2, 0) is 4.74 Å². The number of nitrogens with two attached hydrogens (primary N) is 1. The molecule has 1 aromatic carbocycles. The molecule has 0 atom stereocenters. The predicted octanol–water partition coefficient (Wildman–Crippen LogP) is 2.51. The van der Waals surface area contributed by atoms with Gasteiger partial charge in [-0.05, 0) is 30.7 Å². The van der Waals surface area contributed by atoms with Crippen LogP contribution in [-0.4, -0.2) is 54.3 Å². The van der Waals surface area contributed by atoms with Crippen molar-refractivity contribution in [2.75, 3.05) is 55.8 Å². The number of morpholine rings is 1. The average Bonchev–Trinajstić information content (AvgIpc) is 2.61. The average molecular weight is 363 g/mol. The van der Waals surface area contributed by atoms with Crippen LogP contribution in [0.4, 0.5) is 23.0 Å². The Kier molecular flexibility index (Phi) is 5.91. The maximum atomic E-state index is 6.22. The Morgan fingerprint density at radius 3 is 2.76 bits per heavy atom. The fourth-order valence-corrected chi connectivity index (χ4v) is 2.91. The first-order valence-corrected chi connectivity index (χ1v) is 8.69. The van der Waals surface area contributed by atoms with Crippen LogP contribution >= 0.6 is 11.6 Å². The van der Waals surface area contributed by atoms with Crippen LogP contribution in [0.15, 0.2) is 24.5 Å². The maximum Gasteiger partial charge on any atom is 0.159 e. The van der Waals surface area contributed by atoms with E-state index in [0.717, 1.165) is 50.6 Å². The van der Waals surface area contributed by atoms with E-state index >= 15 is 0 Å². The standard InChI is InChI=1S/C17H23ClN6O/c1-12-10-13(18)2-3-14(12)23-17-15(19)16(21-11-22-17)20-4-5-24-6-8-25-9-7-24/h2-3,10-11H,4-9,19H2,1H3,(H2,20,21,22,23). The molecule has 1 aliphatic heterocycles. The quantitative estimate of drug-likeness (QED) is 0.727. The monoisotopic (exact) mass is 362 g/mol. The number of ether oxygens (including phenoxy) is 1. The van der Waals surface area contributed by atoms with Crippen molar-refractivity contribution in [3.8, 4) is 0 Å². The number of nitrogens with one attached hydrogen (secondary N) is 2. The predicted molar refractivity (Wildman–Crippen MR) is 102 cm³/mol. The van der Waals surface area contributed by atoms with E-state index in [1.807, 2.05) is 25.1 Å². The summed E-state index contributed by atoms with van der Waals surface area (Å²) < 4.78 is 5.35. The van der Waals surface area contributed by atoms with Crippen molar-refractivity contribution in [2.24, 2.45) is 0 Å². The molecule has 0 radical (unpaired) electrons. The summed E-state index contributed by atoms with van der Waals surface area (Å²) in [4.78, 5) is 10.8. The number of hydrogen-bond donors (Lipinski definition) is 3. The van der Waals surface area contributed by atoms with Gasteiger partial charge in [-0.3, -0.25) is 4.90 Å². The lowest BCUT2D eigenvalue weighted by Crippen LogP contribution is -2.39. The smallest absolute Gasteiger partial charge is 0.159 e. The third-order valence-electron chi connectivity index (χ3n) is 4.15. The van der Waals surface area contributed by atoms with Crippen LogP contribution in [0.2, 0.25) is 5.02 Å². The van der Waals surface area contributed by atoms with Gasteiger partial charge in [0.15, 0.2) is 11.6 Å². The van der Waals surface area contributed by atoms with Crippen molar-refractivity contribution in [1.29, 1.82) is 0 Å². The largest absolute Gasteiger partial charge is 0.393 e. The number of aromatic nitrogens is 2. The normalized spacial score (nSPS) is 15.1. The summed E-state index contributed by atoms with van der Waals surface area (Å²) in [5, 5.41) is 7.23. The highest BCUT2D eigenvalue weighted by molar-refractivity contribution is 6.30. The number of nitrogens with zero attached hydrogens (tertiary/aromatic N) is 3. The molecule has 1 aliphatic rings. The van der Waals surface area contributed by atoms with Gasteiger partial charge in [0.25, 0.3) is 0 Å². The van der Waals surface area contributed by atoms with Crippen molar-refractivity contribution >= 4 is 34.6 Å². The van der Waals surface area contributed by atoms with Crippen LogP contribution in [0.1, 0.15) is 5.56 Å². The van der Waals surface area contributed by atoms with Gasteiger partial charge < -0.3 is 21.1 Å². The molecule has 0 spiro atoms. The number of aryl methyl sites for hydroxylation is 1. The molecule has 1 saturated heterocycles. The summed E-state index contributed by atoms with van der Waals surface area (Å²) in [6, 6.07) is 5.63. The van der Waals surface area contributed by atoms with Crippen molar-refractivity contribution in [1.82, 2.24) is 14.9 Å². The van der Waals surface area contributed by atoms with Crippen LogP contribution < -0.4 is 16.4 Å². The number of anilines is 4. The molecule has 0 unspecified atom stereocenters. The van der Waals surface area contributed by atoms with Crippen molar-refractivity contribution in [3.05, 3.63) is 35.1 Å². The third kappa shape index (κ3) is 4.72. The van der Waals surface area contributed by atoms with Gasteiger partial charge >= 0.3 is 0 Å². The van der Waals surface area contributed by atoms with E-state index in [1.165, 1.54) is 6.33 Å². The van der Waals surface area contributed by atoms with Crippen LogP contribution in [0.3, 0.4) is 0 Å². The fourth-order valence-electron chi connectivity index (χ4n) is 2.69. The van der Waals surface area contributed by atoms with E-state index in [0.29, 0.717) is 22.3 Å². The zero-order valence-corrected chi connectivity index (χ0v) is 15.0. The molecule has 0 saturated carbocycles. The van der Waals surface area contributed by atoms with Gasteiger partial charge in [-0.2, -0.15) is 0 Å². The molecule has 1 fully saturated rings. The lowest BCUT2D eigenvalue weighted by atomic mass is 10.2. The Morgan fingerprint density at radius 2 is 2.00 bits per heavy atom. The lowest BCUT2D eigenvalue weighted by molar-refractivity contribution is 0.0398. The summed E-state index contributed by atoms with van der Waals surface area (Å²) in [5.74, 6) is 1.21. The van der Waals surface area contributed by atoms with Gasteiger partial charge in [0, 0.05) is 36.9 Å². The SMILES string of the molecule is Cc1cc(Cl)ccc1Nc1ncnc(NCCN2CCOCC2)c1N. The summed E-state index contributed by atoms with van der Waals surface area (Å²) in [6.45, 7) is 7.18. The molecule has 1 aromatic heterocycles. The van der Waals surface area contributed by atoms with Gasteiger partial charge in [-0.1, -0.05) is 11.6 Å². The molecule has 3 rings (SSSR count). The molecule has 7 nitrogen and oxygen atoms in total. The lowest BCUT2D eigenvalue weighted by Gasteiger charge is -2.26. The molecule has 0 aliphatic carbocycles. The highest BCUT2D eigenvalue weighted by Gasteiger charge is 2.12. The number of benzene rings is 1. The summed E-state index contributed by atoms with van der Waals surface area (Å²) in [6.07, 6.45) is 1.50. The summed E-state index contributed by atoms with van der Waals surface area (Å²) in [5.41, 5.74) is 8.65. The van der Waals surface area contributed by atoms with E-state index in [-0.39, 0.29) is 0 Å². The molecule has 8 heteroatoms. The minimum atomic E-state index is 0.499. The zero-order chi connectivity index (χ0) is 17.6. The highest BCUT2D eigenvalue weighted by atomic mass is 35.5. The Morgan fingerprint density at radius 1 is 1.24 bits per heavy atom. The number of hydrogen-bond acceptors (Lipinski definition) is 7. The Bertz CT molecular complexity index is 720. The molecule has 0 bridgehead atoms. The Balaban J connectivity index is 1.63. The molecule has 4 N–H and O–H groups in total. The van der Waals surface area contributed by atoms with Crippen molar-refractivity contribution in [3.63, 3.8) is 0 Å². The molecule has 0 amide bonds. The van der Waals surface area contributed by atoms with E-state index < -0.39 is 0 Å². The van der Waals surface area contributed by atoms with E-state index in [2.05, 4.69) is 25.5 Å². The first kappa shape index (κ1) is 17.7. The molecule has 134 valence electrons. The van der Waals surface area contributed by atoms with Crippen LogP contribution in [0.25, 0.3) is 0 Å². The van der Waals surface area contributed by atoms with Crippen LogP contribution in [0, 0.1) is 6.92 Å². The number of halogens is 1. The van der Waals surface area contributed by atoms with Crippen LogP contribution in [0.5, 0.6) is 0 Å². The highest BCUT2D eigenvalue weighted by Crippen LogP contribution is 2.28. The second kappa shape index (κ2) is 8.33. The molecular formula is C17H23ClN6O. The summed E-state index contributed by atoms with van der Waals surface area (Å²) >= 11 is 6.00. The first-order valence-electron chi connectivity index (χ1n) is 8.31. The molecule has 2 aromatic rings. The topological polar surface area (TPSA) is 88.3 Å². The fraction of sp³-hybridized carbons (Fsp3) is 0.412. The van der Waals surface area contributed by atoms with Gasteiger partial charge in [-0.25, -0.2) is 9.97 Å². The Hall–Kier alpha value is -2.09. The second-order valence-electron chi connectivity index (χ2n) is 5.95. The van der Waals surface area contributed by atoms with Crippen molar-refractivity contribution in [2.45, 2.75) is 6.92 Å². The molecule has 25 heavy (non-hydrogen) atoms.